The standard InChI is InChI=1S/C21H23F3N4O/c1-13(2)28-12-15(17-8-16(29-3)4-5-19(17)28)11-27-7-6-18-14(10-27)9-25-20(26-18)21(22,23)24/h4-5,8-9,12-13H,6-7,10-11H2,1-3H3. The van der Waals surface area contributed by atoms with Crippen molar-refractivity contribution in [1.82, 2.24) is 19.4 Å². The Labute approximate surface area is 167 Å². The van der Waals surface area contributed by atoms with Gasteiger partial charge in [-0.2, -0.15) is 13.2 Å². The van der Waals surface area contributed by atoms with Crippen molar-refractivity contribution < 1.29 is 17.9 Å². The summed E-state index contributed by atoms with van der Waals surface area (Å²) in [6.07, 6.45) is -0.553. The third-order valence-electron chi connectivity index (χ3n) is 5.34. The number of alkyl halides is 3. The second kappa shape index (κ2) is 7.33. The summed E-state index contributed by atoms with van der Waals surface area (Å²) in [6.45, 7) is 6.16. The summed E-state index contributed by atoms with van der Waals surface area (Å²) in [5.41, 5.74) is 3.57. The second-order valence-electron chi connectivity index (χ2n) is 7.66. The highest BCUT2D eigenvalue weighted by atomic mass is 19.4. The van der Waals surface area contributed by atoms with Crippen LogP contribution in [0.2, 0.25) is 0 Å². The number of aromatic nitrogens is 3. The van der Waals surface area contributed by atoms with Gasteiger partial charge in [0.05, 0.1) is 12.8 Å². The van der Waals surface area contributed by atoms with Gasteiger partial charge < -0.3 is 9.30 Å². The average molecular weight is 404 g/mol. The fourth-order valence-corrected chi connectivity index (χ4v) is 3.87. The predicted molar refractivity (Wildman–Crippen MR) is 104 cm³/mol. The molecule has 8 heteroatoms. The van der Waals surface area contributed by atoms with Gasteiger partial charge in [-0.3, -0.25) is 4.90 Å². The highest BCUT2D eigenvalue weighted by molar-refractivity contribution is 5.85. The van der Waals surface area contributed by atoms with Gasteiger partial charge in [-0.25, -0.2) is 9.97 Å². The number of hydrogen-bond acceptors (Lipinski definition) is 4. The molecule has 0 bridgehead atoms. The summed E-state index contributed by atoms with van der Waals surface area (Å²) in [6, 6.07) is 6.38. The van der Waals surface area contributed by atoms with E-state index in [0.717, 1.165) is 22.2 Å². The second-order valence-corrected chi connectivity index (χ2v) is 7.66. The summed E-state index contributed by atoms with van der Waals surface area (Å²) in [5, 5.41) is 1.13. The lowest BCUT2D eigenvalue weighted by Gasteiger charge is -2.28. The molecule has 0 unspecified atom stereocenters. The van der Waals surface area contributed by atoms with Crippen molar-refractivity contribution in [2.75, 3.05) is 13.7 Å². The van der Waals surface area contributed by atoms with E-state index in [2.05, 4.69) is 45.5 Å². The molecular formula is C21H23F3N4O. The maximum Gasteiger partial charge on any atom is 0.451 e. The van der Waals surface area contributed by atoms with E-state index in [-0.39, 0.29) is 0 Å². The molecule has 0 amide bonds. The van der Waals surface area contributed by atoms with Gasteiger partial charge in [-0.15, -0.1) is 0 Å². The third kappa shape index (κ3) is 3.81. The van der Waals surface area contributed by atoms with Crippen LogP contribution in [0.5, 0.6) is 5.75 Å². The quantitative estimate of drug-likeness (QED) is 0.638. The minimum Gasteiger partial charge on any atom is -0.497 e. The molecule has 0 saturated carbocycles. The zero-order valence-corrected chi connectivity index (χ0v) is 16.6. The maximum absolute atomic E-state index is 12.9. The molecule has 0 atom stereocenters. The van der Waals surface area contributed by atoms with Gasteiger partial charge in [0.2, 0.25) is 5.82 Å². The van der Waals surface area contributed by atoms with Gasteiger partial charge in [0.15, 0.2) is 0 Å². The normalized spacial score (nSPS) is 15.1. The first-order valence-electron chi connectivity index (χ1n) is 9.58. The van der Waals surface area contributed by atoms with Crippen LogP contribution in [0, 0.1) is 0 Å². The van der Waals surface area contributed by atoms with Crippen LogP contribution in [0.15, 0.2) is 30.6 Å². The average Bonchev–Trinajstić information content (AvgIpc) is 3.04. The first-order valence-corrected chi connectivity index (χ1v) is 9.58. The smallest absolute Gasteiger partial charge is 0.451 e. The first kappa shape index (κ1) is 19.7. The van der Waals surface area contributed by atoms with E-state index in [4.69, 9.17) is 4.74 Å². The van der Waals surface area contributed by atoms with Crippen molar-refractivity contribution in [3.05, 3.63) is 53.2 Å². The highest BCUT2D eigenvalue weighted by Gasteiger charge is 2.35. The number of rotatable bonds is 4. The Hall–Kier alpha value is -2.61. The Kier molecular flexibility index (Phi) is 4.98. The lowest BCUT2D eigenvalue weighted by molar-refractivity contribution is -0.145. The van der Waals surface area contributed by atoms with Crippen LogP contribution in [0.3, 0.4) is 0 Å². The maximum atomic E-state index is 12.9. The van der Waals surface area contributed by atoms with Gasteiger partial charge in [-0.05, 0) is 37.6 Å². The molecule has 4 rings (SSSR count). The molecule has 0 saturated heterocycles. The Morgan fingerprint density at radius 2 is 2.03 bits per heavy atom. The largest absolute Gasteiger partial charge is 0.497 e. The molecule has 1 aromatic carbocycles. The minimum absolute atomic E-state index is 0.316. The van der Waals surface area contributed by atoms with E-state index < -0.39 is 12.0 Å². The van der Waals surface area contributed by atoms with Gasteiger partial charge in [0, 0.05) is 61.0 Å². The number of ether oxygens (including phenoxy) is 1. The molecule has 29 heavy (non-hydrogen) atoms. The molecular weight excluding hydrogens is 381 g/mol. The van der Waals surface area contributed by atoms with E-state index in [0.29, 0.717) is 37.8 Å². The van der Waals surface area contributed by atoms with E-state index in [9.17, 15) is 13.2 Å². The predicted octanol–water partition coefficient (Wildman–Crippen LogP) is 4.60. The summed E-state index contributed by atoms with van der Waals surface area (Å²) in [4.78, 5) is 9.48. The molecule has 0 spiro atoms. The van der Waals surface area contributed by atoms with Crippen molar-refractivity contribution in [3.63, 3.8) is 0 Å². The molecule has 1 aliphatic heterocycles. The molecule has 3 heterocycles. The minimum atomic E-state index is -4.51. The number of fused-ring (bicyclic) bond motifs is 2. The Morgan fingerprint density at radius 3 is 2.72 bits per heavy atom. The van der Waals surface area contributed by atoms with Crippen LogP contribution in [0.4, 0.5) is 13.2 Å². The van der Waals surface area contributed by atoms with Gasteiger partial charge in [0.25, 0.3) is 0 Å². The SMILES string of the molecule is COc1ccc2c(c1)c(CN1CCc3nc(C(F)(F)F)ncc3C1)cn2C(C)C. The molecule has 0 N–H and O–H groups in total. The Morgan fingerprint density at radius 1 is 1.24 bits per heavy atom. The van der Waals surface area contributed by atoms with Crippen LogP contribution in [-0.4, -0.2) is 33.1 Å². The summed E-state index contributed by atoms with van der Waals surface area (Å²) in [5.74, 6) is -0.255. The van der Waals surface area contributed by atoms with Crippen LogP contribution in [0.25, 0.3) is 10.9 Å². The Bertz CT molecular complexity index is 1040. The van der Waals surface area contributed by atoms with E-state index in [1.54, 1.807) is 7.11 Å². The molecule has 0 radical (unpaired) electrons. The zero-order chi connectivity index (χ0) is 20.8. The van der Waals surface area contributed by atoms with E-state index >= 15 is 0 Å². The lowest BCUT2D eigenvalue weighted by atomic mass is 10.1. The molecule has 0 fully saturated rings. The monoisotopic (exact) mass is 404 g/mol. The summed E-state index contributed by atoms with van der Waals surface area (Å²) < 4.78 is 46.2. The fourth-order valence-electron chi connectivity index (χ4n) is 3.87. The number of benzene rings is 1. The Balaban J connectivity index is 1.61. The molecule has 1 aliphatic rings. The zero-order valence-electron chi connectivity index (χ0n) is 16.6. The van der Waals surface area contributed by atoms with Gasteiger partial charge in [-0.1, -0.05) is 0 Å². The van der Waals surface area contributed by atoms with Crippen molar-refractivity contribution in [2.45, 2.75) is 45.6 Å². The van der Waals surface area contributed by atoms with Gasteiger partial charge in [0.1, 0.15) is 5.75 Å². The molecule has 5 nitrogen and oxygen atoms in total. The third-order valence-corrected chi connectivity index (χ3v) is 5.34. The number of halogens is 3. The number of nitrogens with zero attached hydrogens (tertiary/aromatic N) is 4. The van der Waals surface area contributed by atoms with Crippen LogP contribution in [0.1, 0.15) is 42.5 Å². The summed E-state index contributed by atoms with van der Waals surface area (Å²) in [7, 11) is 1.65. The molecule has 3 aromatic rings. The highest BCUT2D eigenvalue weighted by Crippen LogP contribution is 2.31. The fraction of sp³-hybridized carbons (Fsp3) is 0.429. The van der Waals surface area contributed by atoms with E-state index in [1.807, 2.05) is 12.1 Å². The molecule has 2 aromatic heterocycles. The van der Waals surface area contributed by atoms with Crippen molar-refractivity contribution >= 4 is 10.9 Å². The van der Waals surface area contributed by atoms with Crippen molar-refractivity contribution in [3.8, 4) is 5.75 Å². The molecule has 0 aliphatic carbocycles. The lowest BCUT2D eigenvalue weighted by Crippen LogP contribution is -2.31. The molecule has 154 valence electrons. The first-order chi connectivity index (χ1) is 13.8. The van der Waals surface area contributed by atoms with Crippen molar-refractivity contribution in [2.24, 2.45) is 0 Å². The van der Waals surface area contributed by atoms with Crippen LogP contribution in [-0.2, 0) is 25.7 Å². The number of hydrogen-bond donors (Lipinski definition) is 0. The number of methoxy groups -OCH3 is 1. The topological polar surface area (TPSA) is 43.2 Å². The van der Waals surface area contributed by atoms with Crippen molar-refractivity contribution in [1.29, 1.82) is 0 Å². The van der Waals surface area contributed by atoms with Gasteiger partial charge >= 0.3 is 6.18 Å². The van der Waals surface area contributed by atoms with Crippen LogP contribution < -0.4 is 4.74 Å². The summed E-state index contributed by atoms with van der Waals surface area (Å²) >= 11 is 0. The van der Waals surface area contributed by atoms with Crippen LogP contribution >= 0.6 is 0 Å². The van der Waals surface area contributed by atoms with E-state index in [1.165, 1.54) is 11.8 Å².